The van der Waals surface area contributed by atoms with Gasteiger partial charge in [-0.2, -0.15) is 0 Å². The molecular weight excluding hydrogens is 533 g/mol. The van der Waals surface area contributed by atoms with E-state index in [0.717, 1.165) is 40.9 Å². The molecule has 3 aliphatic rings. The van der Waals surface area contributed by atoms with Crippen molar-refractivity contribution in [3.63, 3.8) is 0 Å². The number of hydrogen-bond acceptors (Lipinski definition) is 4. The summed E-state index contributed by atoms with van der Waals surface area (Å²) in [6.07, 6.45) is 2.50. The maximum Gasteiger partial charge on any atom is 0.162 e. The number of carbonyl (C=O) groups excluding carboxylic acids is 2. The normalized spacial score (nSPS) is 21.2. The molecule has 5 rings (SSSR count). The molecule has 0 fully saturated rings. The van der Waals surface area contributed by atoms with Crippen molar-refractivity contribution in [3.05, 3.63) is 86.4 Å². The second-order valence-electron chi connectivity index (χ2n) is 12.2. The van der Waals surface area contributed by atoms with Gasteiger partial charge >= 0.3 is 0 Å². The Morgan fingerprint density at radius 1 is 0.919 bits per heavy atom. The van der Waals surface area contributed by atoms with Gasteiger partial charge in [-0.1, -0.05) is 52.0 Å². The third-order valence-electron chi connectivity index (χ3n) is 7.81. The van der Waals surface area contributed by atoms with E-state index in [1.807, 2.05) is 25.2 Å². The van der Waals surface area contributed by atoms with Crippen molar-refractivity contribution in [2.45, 2.75) is 65.9 Å². The van der Waals surface area contributed by atoms with Crippen LogP contribution in [0.15, 0.2) is 69.5 Å². The van der Waals surface area contributed by atoms with Crippen LogP contribution in [0.4, 0.5) is 4.39 Å². The molecule has 0 amide bonds. The molecule has 2 aromatic carbocycles. The minimum Gasteiger partial charge on any atom is -0.488 e. The molecule has 194 valence electrons. The van der Waals surface area contributed by atoms with Crippen molar-refractivity contribution < 1.29 is 18.7 Å². The largest absolute Gasteiger partial charge is 0.488 e. The van der Waals surface area contributed by atoms with Crippen LogP contribution in [-0.4, -0.2) is 23.5 Å². The van der Waals surface area contributed by atoms with E-state index in [0.29, 0.717) is 28.6 Å². The molecule has 0 radical (unpaired) electrons. The number of carbonyl (C=O) groups is 2. The summed E-state index contributed by atoms with van der Waals surface area (Å²) in [6.45, 7) is 8.64. The zero-order chi connectivity index (χ0) is 26.7. The molecule has 2 aromatic rings. The maximum atomic E-state index is 14.1. The Bertz CT molecular complexity index is 1320. The van der Waals surface area contributed by atoms with E-state index in [-0.39, 0.29) is 34.8 Å². The molecule has 4 nitrogen and oxygen atoms in total. The maximum absolute atomic E-state index is 14.1. The topological polar surface area (TPSA) is 46.6 Å². The average molecular weight is 567 g/mol. The molecule has 0 spiro atoms. The fourth-order valence-corrected chi connectivity index (χ4v) is 6.59. The number of halogens is 2. The van der Waals surface area contributed by atoms with E-state index >= 15 is 0 Å². The predicted octanol–water partition coefficient (Wildman–Crippen LogP) is 7.48. The molecule has 0 bridgehead atoms. The van der Waals surface area contributed by atoms with Crippen molar-refractivity contribution in [2.75, 3.05) is 7.05 Å². The molecule has 2 aliphatic carbocycles. The summed E-state index contributed by atoms with van der Waals surface area (Å²) in [6, 6.07) is 12.3. The van der Waals surface area contributed by atoms with Gasteiger partial charge in [0.15, 0.2) is 11.6 Å². The predicted molar refractivity (Wildman–Crippen MR) is 145 cm³/mol. The Morgan fingerprint density at radius 2 is 1.49 bits per heavy atom. The standard InChI is InChI=1S/C31H33BrFNO3/c1-30(2)13-22-28(24(35)15-30)27(29-23(34(22)5)14-31(3,4)16-25(29)36)18-10-11-26(20(32)12-18)37-17-19-8-6-7-9-21(19)33/h6-12,27H,13-17H2,1-5H3. The van der Waals surface area contributed by atoms with Gasteiger partial charge in [0.2, 0.25) is 0 Å². The number of hydrogen-bond donors (Lipinski definition) is 0. The second kappa shape index (κ2) is 9.23. The van der Waals surface area contributed by atoms with E-state index in [2.05, 4.69) is 48.5 Å². The lowest BCUT2D eigenvalue weighted by Crippen LogP contribution is -2.43. The first-order chi connectivity index (χ1) is 17.4. The van der Waals surface area contributed by atoms with Gasteiger partial charge in [0, 0.05) is 53.9 Å². The SMILES string of the molecule is CN1C2=C(C(=O)CC(C)(C)C2)C(c2ccc(OCc3ccccc3F)c(Br)c2)C2=C1CC(C)(C)CC2=O. The van der Waals surface area contributed by atoms with Crippen LogP contribution in [0.3, 0.4) is 0 Å². The van der Waals surface area contributed by atoms with Gasteiger partial charge in [0.25, 0.3) is 0 Å². The zero-order valence-corrected chi connectivity index (χ0v) is 23.7. The summed E-state index contributed by atoms with van der Waals surface area (Å²) in [5.74, 6) is 0.102. The molecule has 0 N–H and O–H groups in total. The summed E-state index contributed by atoms with van der Waals surface area (Å²) in [5, 5.41) is 0. The van der Waals surface area contributed by atoms with Crippen molar-refractivity contribution in [3.8, 4) is 5.75 Å². The van der Waals surface area contributed by atoms with Crippen molar-refractivity contribution >= 4 is 27.5 Å². The third-order valence-corrected chi connectivity index (χ3v) is 8.43. The number of rotatable bonds is 4. The van der Waals surface area contributed by atoms with E-state index in [1.54, 1.807) is 18.2 Å². The number of Topliss-reactive ketones (excluding diaryl/α,β-unsaturated/α-hetero) is 2. The Kier molecular flexibility index (Phi) is 6.46. The summed E-state index contributed by atoms with van der Waals surface area (Å²) in [7, 11) is 2.01. The Balaban J connectivity index is 1.57. The van der Waals surface area contributed by atoms with E-state index < -0.39 is 5.92 Å². The summed E-state index contributed by atoms with van der Waals surface area (Å²) >= 11 is 3.63. The number of allylic oxidation sites excluding steroid dienone is 4. The number of ether oxygens (including phenoxy) is 1. The quantitative estimate of drug-likeness (QED) is 0.385. The van der Waals surface area contributed by atoms with Gasteiger partial charge < -0.3 is 9.64 Å². The molecule has 0 saturated heterocycles. The highest BCUT2D eigenvalue weighted by molar-refractivity contribution is 9.10. The van der Waals surface area contributed by atoms with Crippen LogP contribution >= 0.6 is 15.9 Å². The van der Waals surface area contributed by atoms with Gasteiger partial charge in [-0.3, -0.25) is 9.59 Å². The lowest BCUT2D eigenvalue weighted by molar-refractivity contribution is -0.119. The molecule has 0 atom stereocenters. The first kappa shape index (κ1) is 25.9. The molecule has 1 aliphatic heterocycles. The molecule has 6 heteroatoms. The van der Waals surface area contributed by atoms with Crippen LogP contribution in [0.1, 0.15) is 70.4 Å². The third kappa shape index (κ3) is 4.81. The minimum absolute atomic E-state index is 0.102. The van der Waals surface area contributed by atoms with Crippen LogP contribution < -0.4 is 4.74 Å². The minimum atomic E-state index is -0.398. The zero-order valence-electron chi connectivity index (χ0n) is 22.1. The summed E-state index contributed by atoms with van der Waals surface area (Å²) < 4.78 is 20.7. The Hall–Kier alpha value is -2.73. The smallest absolute Gasteiger partial charge is 0.162 e. The Labute approximate surface area is 226 Å². The van der Waals surface area contributed by atoms with Gasteiger partial charge in [0.1, 0.15) is 18.2 Å². The number of ketones is 2. The first-order valence-electron chi connectivity index (χ1n) is 12.8. The molecular formula is C31H33BrFNO3. The fourth-order valence-electron chi connectivity index (χ4n) is 6.08. The molecule has 0 aromatic heterocycles. The highest BCUT2D eigenvalue weighted by Gasteiger charge is 2.48. The second-order valence-corrected chi connectivity index (χ2v) is 13.0. The molecule has 1 heterocycles. The van der Waals surface area contributed by atoms with Crippen LogP contribution in [-0.2, 0) is 16.2 Å². The van der Waals surface area contributed by atoms with Gasteiger partial charge in [-0.05, 0) is 63.4 Å². The van der Waals surface area contributed by atoms with Crippen LogP contribution in [0.5, 0.6) is 5.75 Å². The van der Waals surface area contributed by atoms with Gasteiger partial charge in [-0.15, -0.1) is 0 Å². The average Bonchev–Trinajstić information content (AvgIpc) is 2.79. The number of nitrogens with zero attached hydrogens (tertiary/aromatic N) is 1. The summed E-state index contributed by atoms with van der Waals surface area (Å²) in [4.78, 5) is 29.4. The van der Waals surface area contributed by atoms with Crippen LogP contribution in [0.2, 0.25) is 0 Å². The monoisotopic (exact) mass is 565 g/mol. The van der Waals surface area contributed by atoms with Crippen LogP contribution in [0, 0.1) is 16.6 Å². The molecule has 0 unspecified atom stereocenters. The van der Waals surface area contributed by atoms with E-state index in [4.69, 9.17) is 4.74 Å². The highest BCUT2D eigenvalue weighted by Crippen LogP contribution is 2.54. The lowest BCUT2D eigenvalue weighted by Gasteiger charge is -2.47. The van der Waals surface area contributed by atoms with Gasteiger partial charge in [0.05, 0.1) is 4.47 Å². The first-order valence-corrected chi connectivity index (χ1v) is 13.6. The van der Waals surface area contributed by atoms with Crippen molar-refractivity contribution in [1.82, 2.24) is 4.90 Å². The van der Waals surface area contributed by atoms with E-state index in [9.17, 15) is 14.0 Å². The highest BCUT2D eigenvalue weighted by atomic mass is 79.9. The fraction of sp³-hybridized carbons (Fsp3) is 0.419. The van der Waals surface area contributed by atoms with E-state index in [1.165, 1.54) is 6.07 Å². The van der Waals surface area contributed by atoms with Crippen molar-refractivity contribution in [2.24, 2.45) is 10.8 Å². The summed E-state index contributed by atoms with van der Waals surface area (Å²) in [5.41, 5.74) is 4.67. The van der Waals surface area contributed by atoms with Crippen LogP contribution in [0.25, 0.3) is 0 Å². The Morgan fingerprint density at radius 3 is 2.03 bits per heavy atom. The lowest BCUT2D eigenvalue weighted by atomic mass is 9.64. The van der Waals surface area contributed by atoms with Gasteiger partial charge in [-0.25, -0.2) is 4.39 Å². The van der Waals surface area contributed by atoms with Crippen molar-refractivity contribution in [1.29, 1.82) is 0 Å². The molecule has 0 saturated carbocycles. The molecule has 37 heavy (non-hydrogen) atoms. The number of benzene rings is 2.